The normalized spacial score (nSPS) is 29.6. The molecule has 88 valence electrons. The fourth-order valence-electron chi connectivity index (χ4n) is 3.12. The van der Waals surface area contributed by atoms with Crippen LogP contribution in [0.3, 0.4) is 0 Å². The van der Waals surface area contributed by atoms with Crippen molar-refractivity contribution in [3.63, 3.8) is 0 Å². The van der Waals surface area contributed by atoms with Gasteiger partial charge in [0, 0.05) is 11.5 Å². The summed E-state index contributed by atoms with van der Waals surface area (Å²) in [6.45, 7) is 0. The van der Waals surface area contributed by atoms with Gasteiger partial charge in [-0.1, -0.05) is 12.2 Å². The minimum Gasteiger partial charge on any atom is -0.497 e. The van der Waals surface area contributed by atoms with Crippen molar-refractivity contribution in [3.8, 4) is 5.75 Å². The third kappa shape index (κ3) is 1.68. The fraction of sp³-hybridized carbons (Fsp3) is 0.400. The molecule has 0 radical (unpaired) electrons. The molecule has 1 aromatic carbocycles. The standard InChI is InChI=1S/C15H16O2/c1-17-13-8-6-12(7-9-13)15(16)14-10-2-3-11(14)5-4-10/h2-3,6-11,14H,4-5H2,1H3/t10-,11+,14?. The van der Waals surface area contributed by atoms with Gasteiger partial charge in [-0.25, -0.2) is 0 Å². The van der Waals surface area contributed by atoms with Crippen molar-refractivity contribution >= 4 is 5.78 Å². The Morgan fingerprint density at radius 2 is 1.71 bits per heavy atom. The molecule has 2 aliphatic carbocycles. The van der Waals surface area contributed by atoms with E-state index < -0.39 is 0 Å². The van der Waals surface area contributed by atoms with Crippen molar-refractivity contribution in [3.05, 3.63) is 42.0 Å². The summed E-state index contributed by atoms with van der Waals surface area (Å²) in [5.74, 6) is 2.26. The number of hydrogen-bond donors (Lipinski definition) is 0. The molecule has 1 saturated carbocycles. The highest BCUT2D eigenvalue weighted by molar-refractivity contribution is 5.99. The Labute approximate surface area is 101 Å². The zero-order valence-corrected chi connectivity index (χ0v) is 9.93. The summed E-state index contributed by atoms with van der Waals surface area (Å²) >= 11 is 0. The first-order valence-corrected chi connectivity index (χ1v) is 6.16. The van der Waals surface area contributed by atoms with E-state index in [-0.39, 0.29) is 5.92 Å². The zero-order valence-electron chi connectivity index (χ0n) is 9.93. The molecule has 1 fully saturated rings. The Hall–Kier alpha value is -1.57. The largest absolute Gasteiger partial charge is 0.497 e. The smallest absolute Gasteiger partial charge is 0.167 e. The van der Waals surface area contributed by atoms with E-state index in [1.165, 1.54) is 12.8 Å². The summed E-state index contributed by atoms with van der Waals surface area (Å²) in [4.78, 5) is 12.4. The Kier molecular flexibility index (Phi) is 2.50. The summed E-state index contributed by atoms with van der Waals surface area (Å²) in [6, 6.07) is 7.47. The van der Waals surface area contributed by atoms with Crippen molar-refractivity contribution in [1.29, 1.82) is 0 Å². The van der Waals surface area contributed by atoms with Crippen LogP contribution in [0.4, 0.5) is 0 Å². The highest BCUT2D eigenvalue weighted by Crippen LogP contribution is 2.45. The van der Waals surface area contributed by atoms with E-state index in [0.29, 0.717) is 17.6 Å². The van der Waals surface area contributed by atoms with Crippen LogP contribution >= 0.6 is 0 Å². The second-order valence-electron chi connectivity index (χ2n) is 4.91. The van der Waals surface area contributed by atoms with Gasteiger partial charge in [-0.05, 0) is 48.9 Å². The minimum atomic E-state index is 0.198. The predicted molar refractivity (Wildman–Crippen MR) is 66.2 cm³/mol. The number of allylic oxidation sites excluding steroid dienone is 2. The van der Waals surface area contributed by atoms with Crippen LogP contribution in [-0.2, 0) is 0 Å². The van der Waals surface area contributed by atoms with E-state index >= 15 is 0 Å². The van der Waals surface area contributed by atoms with Gasteiger partial charge in [0.1, 0.15) is 5.75 Å². The Balaban J connectivity index is 1.82. The third-order valence-corrected chi connectivity index (χ3v) is 4.04. The maximum atomic E-state index is 12.4. The lowest BCUT2D eigenvalue weighted by Crippen LogP contribution is -2.19. The fourth-order valence-corrected chi connectivity index (χ4v) is 3.12. The lowest BCUT2D eigenvalue weighted by Gasteiger charge is -2.14. The number of carbonyl (C=O) groups is 1. The molecule has 0 heterocycles. The SMILES string of the molecule is COc1ccc(C(=O)C2[C@@H]3C=C[C@H]2CC3)cc1. The quantitative estimate of drug-likeness (QED) is 0.587. The van der Waals surface area contributed by atoms with Gasteiger partial charge in [-0.2, -0.15) is 0 Å². The van der Waals surface area contributed by atoms with Crippen molar-refractivity contribution in [2.24, 2.45) is 17.8 Å². The van der Waals surface area contributed by atoms with Gasteiger partial charge in [0.25, 0.3) is 0 Å². The molecule has 0 amide bonds. The third-order valence-electron chi connectivity index (χ3n) is 4.04. The molecule has 0 aromatic heterocycles. The molecule has 0 N–H and O–H groups in total. The van der Waals surface area contributed by atoms with Gasteiger partial charge < -0.3 is 4.74 Å². The van der Waals surface area contributed by atoms with Gasteiger partial charge in [-0.3, -0.25) is 4.79 Å². The monoisotopic (exact) mass is 228 g/mol. The molecule has 0 saturated heterocycles. The molecular weight excluding hydrogens is 212 g/mol. The van der Waals surface area contributed by atoms with E-state index in [1.54, 1.807) is 7.11 Å². The van der Waals surface area contributed by atoms with Crippen LogP contribution in [0.5, 0.6) is 5.75 Å². The molecular formula is C15H16O2. The van der Waals surface area contributed by atoms with E-state index in [2.05, 4.69) is 12.2 Å². The zero-order chi connectivity index (χ0) is 11.8. The van der Waals surface area contributed by atoms with Crippen molar-refractivity contribution in [2.75, 3.05) is 7.11 Å². The maximum absolute atomic E-state index is 12.4. The minimum absolute atomic E-state index is 0.198. The Bertz CT molecular complexity index is 444. The predicted octanol–water partition coefficient (Wildman–Crippen LogP) is 3.09. The first kappa shape index (κ1) is 10.6. The van der Waals surface area contributed by atoms with Crippen molar-refractivity contribution in [1.82, 2.24) is 0 Å². The molecule has 17 heavy (non-hydrogen) atoms. The van der Waals surface area contributed by atoms with Crippen LogP contribution in [0, 0.1) is 17.8 Å². The number of benzene rings is 1. The van der Waals surface area contributed by atoms with Gasteiger partial charge >= 0.3 is 0 Å². The molecule has 1 aromatic rings. The Morgan fingerprint density at radius 3 is 2.18 bits per heavy atom. The maximum Gasteiger partial charge on any atom is 0.167 e. The van der Waals surface area contributed by atoms with Crippen molar-refractivity contribution in [2.45, 2.75) is 12.8 Å². The number of rotatable bonds is 3. The Morgan fingerprint density at radius 1 is 1.12 bits per heavy atom. The second-order valence-corrected chi connectivity index (χ2v) is 4.91. The average molecular weight is 228 g/mol. The van der Waals surface area contributed by atoms with Crippen LogP contribution < -0.4 is 4.74 Å². The second kappa shape index (κ2) is 4.02. The molecule has 0 aliphatic heterocycles. The number of carbonyl (C=O) groups excluding carboxylic acids is 1. The molecule has 0 spiro atoms. The number of ether oxygens (including phenoxy) is 1. The molecule has 3 rings (SSSR count). The summed E-state index contributed by atoms with van der Waals surface area (Å²) < 4.78 is 5.11. The van der Waals surface area contributed by atoms with Crippen LogP contribution in [0.1, 0.15) is 23.2 Å². The van der Waals surface area contributed by atoms with Gasteiger partial charge in [0.15, 0.2) is 5.78 Å². The average Bonchev–Trinajstić information content (AvgIpc) is 2.98. The van der Waals surface area contributed by atoms with Crippen LogP contribution in [0.15, 0.2) is 36.4 Å². The number of fused-ring (bicyclic) bond motifs is 2. The van der Waals surface area contributed by atoms with Crippen LogP contribution in [0.25, 0.3) is 0 Å². The highest BCUT2D eigenvalue weighted by Gasteiger charge is 2.42. The molecule has 1 unspecified atom stereocenters. The highest BCUT2D eigenvalue weighted by atomic mass is 16.5. The van der Waals surface area contributed by atoms with Crippen molar-refractivity contribution < 1.29 is 9.53 Å². The lowest BCUT2D eigenvalue weighted by atomic mass is 9.88. The first-order chi connectivity index (χ1) is 8.29. The van der Waals surface area contributed by atoms with E-state index in [9.17, 15) is 4.79 Å². The summed E-state index contributed by atoms with van der Waals surface area (Å²) in [5, 5.41) is 0. The van der Waals surface area contributed by atoms with E-state index in [0.717, 1.165) is 11.3 Å². The number of methoxy groups -OCH3 is 1. The van der Waals surface area contributed by atoms with Crippen LogP contribution in [-0.4, -0.2) is 12.9 Å². The number of hydrogen-bond acceptors (Lipinski definition) is 2. The lowest BCUT2D eigenvalue weighted by molar-refractivity contribution is 0.0893. The topological polar surface area (TPSA) is 26.3 Å². The number of Topliss-reactive ketones (excluding diaryl/α,β-unsaturated/α-hetero) is 1. The van der Waals surface area contributed by atoms with Crippen LogP contribution in [0.2, 0.25) is 0 Å². The molecule has 2 bridgehead atoms. The van der Waals surface area contributed by atoms with E-state index in [1.807, 2.05) is 24.3 Å². The molecule has 2 heteroatoms. The molecule has 2 aliphatic rings. The van der Waals surface area contributed by atoms with Gasteiger partial charge in [-0.15, -0.1) is 0 Å². The number of ketones is 1. The first-order valence-electron chi connectivity index (χ1n) is 6.16. The summed E-state index contributed by atoms with van der Waals surface area (Å²) in [5.41, 5.74) is 0.816. The van der Waals surface area contributed by atoms with E-state index in [4.69, 9.17) is 4.74 Å². The summed E-state index contributed by atoms with van der Waals surface area (Å²) in [7, 11) is 1.64. The van der Waals surface area contributed by atoms with Gasteiger partial charge in [0.2, 0.25) is 0 Å². The molecule has 2 nitrogen and oxygen atoms in total. The summed E-state index contributed by atoms with van der Waals surface area (Å²) in [6.07, 6.45) is 6.79. The molecule has 3 atom stereocenters. The van der Waals surface area contributed by atoms with Gasteiger partial charge in [0.05, 0.1) is 7.11 Å².